The zero-order valence-electron chi connectivity index (χ0n) is 31.3. The van der Waals surface area contributed by atoms with E-state index in [4.69, 9.17) is 4.74 Å². The van der Waals surface area contributed by atoms with Crippen molar-refractivity contribution >= 4 is 56.4 Å². The molecule has 0 fully saturated rings. The number of carbonyl (C=O) groups excluding carboxylic acids is 1. The Kier molecular flexibility index (Phi) is 11.1. The van der Waals surface area contributed by atoms with E-state index in [0.717, 1.165) is 62.1 Å². The fourth-order valence-corrected chi connectivity index (χ4v) is 8.93. The fraction of sp³-hybridized carbons (Fsp3) is 0.182. The molecule has 4 heterocycles. The van der Waals surface area contributed by atoms with Gasteiger partial charge in [-0.25, -0.2) is 9.97 Å². The number of carbonyl (C=O) groups is 2. The van der Waals surface area contributed by atoms with Crippen LogP contribution in [0.5, 0.6) is 5.88 Å². The maximum Gasteiger partial charge on any atom is 0.416 e. The molecule has 0 radical (unpaired) electrons. The van der Waals surface area contributed by atoms with E-state index in [2.05, 4.69) is 9.97 Å². The predicted molar refractivity (Wildman–Crippen MR) is 217 cm³/mol. The van der Waals surface area contributed by atoms with Gasteiger partial charge in [-0.1, -0.05) is 60.7 Å². The number of fused-ring (bicyclic) bond motifs is 2. The molecule has 4 aromatic carbocycles. The van der Waals surface area contributed by atoms with Crippen molar-refractivity contribution in [1.82, 2.24) is 19.1 Å². The Morgan fingerprint density at radius 1 is 0.650 bits per heavy atom. The minimum absolute atomic E-state index is 0.0228. The second kappa shape index (κ2) is 16.4. The number of esters is 1. The smallest absolute Gasteiger partial charge is 0.416 e. The van der Waals surface area contributed by atoms with Gasteiger partial charge in [0.25, 0.3) is 0 Å². The SMILES string of the molecule is O=C(O)CCc1cn(Cc2sc(-c3ccc(C(F)(F)F)cc3)nc2OC(=O)CCc2cn(Cc3cnc(-c4ccc(C(F)(F)F)cc4)s3)c3ccccc23)c2ccccc12. The first-order chi connectivity index (χ1) is 28.7. The monoisotopic (exact) mass is 858 g/mol. The molecule has 0 atom stereocenters. The molecule has 8 rings (SSSR count). The molecule has 0 amide bonds. The molecule has 306 valence electrons. The highest BCUT2D eigenvalue weighted by atomic mass is 32.1. The Hall–Kier alpha value is -6.26. The Bertz CT molecular complexity index is 2840. The molecule has 0 bridgehead atoms. The molecule has 0 aliphatic carbocycles. The van der Waals surface area contributed by atoms with Gasteiger partial charge in [0, 0.05) is 62.8 Å². The number of para-hydroxylation sites is 2. The quantitative estimate of drug-likeness (QED) is 0.0916. The first-order valence-electron chi connectivity index (χ1n) is 18.6. The zero-order chi connectivity index (χ0) is 42.2. The molecular formula is C44H32F6N4O4S2. The van der Waals surface area contributed by atoms with Gasteiger partial charge in [0.05, 0.1) is 35.5 Å². The summed E-state index contributed by atoms with van der Waals surface area (Å²) in [7, 11) is 0. The van der Waals surface area contributed by atoms with Gasteiger partial charge in [-0.2, -0.15) is 26.3 Å². The number of rotatable bonds is 13. The number of aliphatic carboxylic acids is 1. The van der Waals surface area contributed by atoms with Gasteiger partial charge in [-0.3, -0.25) is 9.59 Å². The molecule has 8 nitrogen and oxygen atoms in total. The lowest BCUT2D eigenvalue weighted by atomic mass is 10.1. The van der Waals surface area contributed by atoms with Crippen LogP contribution in [0.25, 0.3) is 42.9 Å². The van der Waals surface area contributed by atoms with E-state index in [1.165, 1.54) is 46.9 Å². The van der Waals surface area contributed by atoms with Crippen molar-refractivity contribution in [3.8, 4) is 27.0 Å². The van der Waals surface area contributed by atoms with Gasteiger partial charge in [0.15, 0.2) is 0 Å². The summed E-state index contributed by atoms with van der Waals surface area (Å²) in [5.74, 6) is -1.47. The lowest BCUT2D eigenvalue weighted by Gasteiger charge is -2.07. The number of halogens is 6. The average molecular weight is 859 g/mol. The van der Waals surface area contributed by atoms with Crippen LogP contribution in [0.3, 0.4) is 0 Å². The summed E-state index contributed by atoms with van der Waals surface area (Å²) in [6.45, 7) is 0.629. The average Bonchev–Trinajstić information content (AvgIpc) is 4.01. The number of aryl methyl sites for hydroxylation is 2. The van der Waals surface area contributed by atoms with Crippen LogP contribution in [-0.2, 0) is 47.9 Å². The maximum absolute atomic E-state index is 13.6. The topological polar surface area (TPSA) is 99.2 Å². The molecule has 60 heavy (non-hydrogen) atoms. The number of thiazole rings is 2. The van der Waals surface area contributed by atoms with Gasteiger partial charge in [0.1, 0.15) is 10.0 Å². The van der Waals surface area contributed by atoms with Crippen LogP contribution in [0.1, 0.15) is 44.8 Å². The first kappa shape index (κ1) is 40.5. The van der Waals surface area contributed by atoms with E-state index in [9.17, 15) is 41.0 Å². The second-order valence-corrected chi connectivity index (χ2v) is 16.2. The van der Waals surface area contributed by atoms with Crippen molar-refractivity contribution in [3.05, 3.63) is 148 Å². The van der Waals surface area contributed by atoms with Gasteiger partial charge in [0.2, 0.25) is 5.88 Å². The Morgan fingerprint density at radius 2 is 1.17 bits per heavy atom. The normalized spacial score (nSPS) is 12.1. The highest BCUT2D eigenvalue weighted by Gasteiger charge is 2.31. The lowest BCUT2D eigenvalue weighted by molar-refractivity contribution is -0.138. The van der Waals surface area contributed by atoms with E-state index in [1.54, 1.807) is 6.20 Å². The Balaban J connectivity index is 1.02. The lowest BCUT2D eigenvalue weighted by Crippen LogP contribution is -2.11. The molecule has 8 aromatic rings. The highest BCUT2D eigenvalue weighted by Crippen LogP contribution is 2.38. The van der Waals surface area contributed by atoms with Gasteiger partial charge in [-0.15, -0.1) is 22.7 Å². The first-order valence-corrected chi connectivity index (χ1v) is 20.2. The van der Waals surface area contributed by atoms with E-state index < -0.39 is 35.4 Å². The predicted octanol–water partition coefficient (Wildman–Crippen LogP) is 11.5. The van der Waals surface area contributed by atoms with Crippen LogP contribution >= 0.6 is 22.7 Å². The van der Waals surface area contributed by atoms with Crippen LogP contribution in [0, 0.1) is 0 Å². The van der Waals surface area contributed by atoms with Gasteiger partial charge in [-0.05, 0) is 60.4 Å². The van der Waals surface area contributed by atoms with Crippen molar-refractivity contribution in [2.24, 2.45) is 0 Å². The number of carboxylic acids is 1. The minimum atomic E-state index is -4.52. The molecule has 0 aliphatic rings. The summed E-state index contributed by atoms with van der Waals surface area (Å²) in [5.41, 5.74) is 2.89. The zero-order valence-corrected chi connectivity index (χ0v) is 32.9. The second-order valence-electron chi connectivity index (χ2n) is 14.0. The van der Waals surface area contributed by atoms with E-state index in [-0.39, 0.29) is 25.3 Å². The number of nitrogens with zero attached hydrogens (tertiary/aromatic N) is 4. The molecule has 16 heteroatoms. The number of hydrogen-bond donors (Lipinski definition) is 1. The number of aromatic nitrogens is 4. The summed E-state index contributed by atoms with van der Waals surface area (Å²) >= 11 is 2.56. The standard InChI is InChI=1S/C44H32F6N4O4S2/c45-43(46,47)30-15-9-26(10-16-30)41-51-21-32(59-41)24-53-22-29(34-6-1-3-7-35(34)53)14-20-39(57)58-40-37(60-42(52-40)27-11-17-31(18-12-27)44(48,49)50)25-54-23-28(13-19-38(55)56)33-5-2-4-8-36(33)54/h1-12,15-18,21-23H,13-14,19-20,24-25H2,(H,55,56). The summed E-state index contributed by atoms with van der Waals surface area (Å²) in [5, 5.41) is 12.1. The number of alkyl halides is 6. The van der Waals surface area contributed by atoms with Gasteiger partial charge >= 0.3 is 24.3 Å². The largest absolute Gasteiger partial charge is 0.481 e. The number of carboxylic acid groups (broad SMARTS) is 1. The van der Waals surface area contributed by atoms with E-state index >= 15 is 0 Å². The third-order valence-electron chi connectivity index (χ3n) is 9.93. The van der Waals surface area contributed by atoms with Crippen LogP contribution in [0.15, 0.2) is 116 Å². The summed E-state index contributed by atoms with van der Waals surface area (Å²) in [4.78, 5) is 35.4. The number of hydrogen-bond acceptors (Lipinski definition) is 7. The van der Waals surface area contributed by atoms with Crippen LogP contribution in [-0.4, -0.2) is 36.1 Å². The molecule has 0 unspecified atom stereocenters. The third-order valence-corrected chi connectivity index (χ3v) is 12.0. The van der Waals surface area contributed by atoms with Crippen LogP contribution in [0.4, 0.5) is 26.3 Å². The molecule has 0 spiro atoms. The Morgan fingerprint density at radius 3 is 1.72 bits per heavy atom. The number of benzene rings is 4. The highest BCUT2D eigenvalue weighted by molar-refractivity contribution is 7.15. The Labute approximate surface area is 346 Å². The number of ether oxygens (including phenoxy) is 1. The maximum atomic E-state index is 13.6. The van der Waals surface area contributed by atoms with Crippen LogP contribution < -0.4 is 4.74 Å². The fourth-order valence-electron chi connectivity index (χ4n) is 7.02. The minimum Gasteiger partial charge on any atom is -0.481 e. The van der Waals surface area contributed by atoms with Crippen molar-refractivity contribution < 1.29 is 45.8 Å². The molecular weight excluding hydrogens is 827 g/mol. The summed E-state index contributed by atoms with van der Waals surface area (Å²) in [6.07, 6.45) is -2.92. The van der Waals surface area contributed by atoms with Crippen LogP contribution in [0.2, 0.25) is 0 Å². The van der Waals surface area contributed by atoms with Crippen molar-refractivity contribution in [1.29, 1.82) is 0 Å². The molecule has 1 N–H and O–H groups in total. The van der Waals surface area contributed by atoms with Crippen molar-refractivity contribution in [2.45, 2.75) is 51.1 Å². The van der Waals surface area contributed by atoms with Gasteiger partial charge < -0.3 is 19.0 Å². The van der Waals surface area contributed by atoms with Crippen molar-refractivity contribution in [2.75, 3.05) is 0 Å². The van der Waals surface area contributed by atoms with Crippen molar-refractivity contribution in [3.63, 3.8) is 0 Å². The van der Waals surface area contributed by atoms with E-state index in [0.29, 0.717) is 45.4 Å². The summed E-state index contributed by atoms with van der Waals surface area (Å²) in [6, 6.07) is 24.7. The molecule has 4 aromatic heterocycles. The van der Waals surface area contributed by atoms with E-state index in [1.807, 2.05) is 70.1 Å². The summed E-state index contributed by atoms with van der Waals surface area (Å²) < 4.78 is 89.1. The molecule has 0 saturated heterocycles. The molecule has 0 aliphatic heterocycles. The third kappa shape index (κ3) is 8.84. The molecule has 0 saturated carbocycles.